The molecule has 0 bridgehead atoms. The minimum absolute atomic E-state index is 0.00547. The molecule has 4 heteroatoms. The number of rotatable bonds is 5. The van der Waals surface area contributed by atoms with Gasteiger partial charge < -0.3 is 9.47 Å². The number of benzene rings is 1. The first-order valence-corrected chi connectivity index (χ1v) is 7.30. The van der Waals surface area contributed by atoms with E-state index in [0.717, 1.165) is 30.1 Å². The zero-order valence-corrected chi connectivity index (χ0v) is 12.7. The van der Waals surface area contributed by atoms with Crippen molar-refractivity contribution in [2.45, 2.75) is 44.2 Å². The summed E-state index contributed by atoms with van der Waals surface area (Å²) in [5.41, 5.74) is 3.90. The van der Waals surface area contributed by atoms with Crippen LogP contribution >= 0.6 is 0 Å². The molecule has 1 atom stereocenters. The largest absolute Gasteiger partial charge is 0.497 e. The molecule has 1 unspecified atom stereocenters. The fourth-order valence-electron chi connectivity index (χ4n) is 3.21. The van der Waals surface area contributed by atoms with Crippen molar-refractivity contribution in [1.82, 2.24) is 5.43 Å². The van der Waals surface area contributed by atoms with Gasteiger partial charge in [0.05, 0.1) is 18.8 Å². The molecule has 1 saturated carbocycles. The van der Waals surface area contributed by atoms with Crippen molar-refractivity contribution < 1.29 is 9.47 Å². The maximum atomic E-state index is 5.92. The predicted octanol–water partition coefficient (Wildman–Crippen LogP) is 2.79. The van der Waals surface area contributed by atoms with Crippen LogP contribution in [-0.4, -0.2) is 19.8 Å². The molecule has 1 aliphatic rings. The molecule has 0 aromatic heterocycles. The number of hydrogen-bond acceptors (Lipinski definition) is 4. The van der Waals surface area contributed by atoms with Gasteiger partial charge in [-0.15, -0.1) is 0 Å². The van der Waals surface area contributed by atoms with E-state index < -0.39 is 0 Å². The van der Waals surface area contributed by atoms with Crippen LogP contribution in [0.25, 0.3) is 0 Å². The van der Waals surface area contributed by atoms with Crippen LogP contribution in [0, 0.1) is 5.92 Å². The molecule has 0 spiro atoms. The molecule has 0 amide bonds. The van der Waals surface area contributed by atoms with Gasteiger partial charge in [0.15, 0.2) is 0 Å². The first-order valence-electron chi connectivity index (χ1n) is 7.30. The molecule has 20 heavy (non-hydrogen) atoms. The van der Waals surface area contributed by atoms with Crippen molar-refractivity contribution in [2.24, 2.45) is 11.8 Å². The third kappa shape index (κ3) is 2.97. The highest BCUT2D eigenvalue weighted by Crippen LogP contribution is 2.42. The smallest absolute Gasteiger partial charge is 0.118 e. The van der Waals surface area contributed by atoms with E-state index in [-0.39, 0.29) is 11.6 Å². The molecule has 1 fully saturated rings. The highest BCUT2D eigenvalue weighted by Gasteiger charge is 2.41. The van der Waals surface area contributed by atoms with Gasteiger partial charge in [0.1, 0.15) is 5.75 Å². The summed E-state index contributed by atoms with van der Waals surface area (Å²) in [7, 11) is 3.47. The van der Waals surface area contributed by atoms with Crippen molar-refractivity contribution in [3.63, 3.8) is 0 Å². The van der Waals surface area contributed by atoms with E-state index in [1.165, 1.54) is 12.8 Å². The fourth-order valence-corrected chi connectivity index (χ4v) is 3.21. The molecule has 1 aromatic rings. The Balaban J connectivity index is 2.24. The summed E-state index contributed by atoms with van der Waals surface area (Å²) in [4.78, 5) is 0. The molecule has 1 aromatic carbocycles. The zero-order valence-electron chi connectivity index (χ0n) is 12.7. The molecular weight excluding hydrogens is 252 g/mol. The van der Waals surface area contributed by atoms with Gasteiger partial charge in [-0.25, -0.2) is 0 Å². The summed E-state index contributed by atoms with van der Waals surface area (Å²) >= 11 is 0. The maximum Gasteiger partial charge on any atom is 0.118 e. The first-order chi connectivity index (χ1) is 9.65. The predicted molar refractivity (Wildman–Crippen MR) is 80.4 cm³/mol. The molecule has 3 N–H and O–H groups in total. The lowest BCUT2D eigenvalue weighted by molar-refractivity contribution is -0.0761. The Morgan fingerprint density at radius 3 is 2.25 bits per heavy atom. The molecule has 0 heterocycles. The Bertz CT molecular complexity index is 411. The lowest BCUT2D eigenvalue weighted by Gasteiger charge is -2.44. The quantitative estimate of drug-likeness (QED) is 0.642. The second-order valence-corrected chi connectivity index (χ2v) is 5.82. The Hall–Kier alpha value is -1.10. The van der Waals surface area contributed by atoms with E-state index in [2.05, 4.69) is 24.5 Å². The fraction of sp³-hybridized carbons (Fsp3) is 0.625. The summed E-state index contributed by atoms with van der Waals surface area (Å²) in [6.45, 7) is 2.30. The number of methoxy groups -OCH3 is 2. The maximum absolute atomic E-state index is 5.92. The Kier molecular flexibility index (Phi) is 5.02. The van der Waals surface area contributed by atoms with Gasteiger partial charge in [0.25, 0.3) is 0 Å². The average Bonchev–Trinajstić information content (AvgIpc) is 2.51. The number of nitrogens with one attached hydrogen (secondary N) is 1. The molecule has 0 saturated heterocycles. The minimum atomic E-state index is -0.212. The normalized spacial score (nSPS) is 28.1. The Morgan fingerprint density at radius 1 is 1.20 bits per heavy atom. The van der Waals surface area contributed by atoms with Gasteiger partial charge in [-0.3, -0.25) is 11.3 Å². The first kappa shape index (κ1) is 15.3. The van der Waals surface area contributed by atoms with Crippen molar-refractivity contribution in [2.75, 3.05) is 14.2 Å². The van der Waals surface area contributed by atoms with E-state index in [9.17, 15) is 0 Å². The van der Waals surface area contributed by atoms with E-state index in [1.54, 1.807) is 14.2 Å². The molecule has 0 radical (unpaired) electrons. The lowest BCUT2D eigenvalue weighted by Crippen LogP contribution is -2.49. The van der Waals surface area contributed by atoms with E-state index in [4.69, 9.17) is 15.3 Å². The van der Waals surface area contributed by atoms with Crippen LogP contribution in [0.5, 0.6) is 5.75 Å². The second kappa shape index (κ2) is 6.57. The lowest BCUT2D eigenvalue weighted by atomic mass is 9.73. The van der Waals surface area contributed by atoms with Crippen LogP contribution in [0.2, 0.25) is 0 Å². The summed E-state index contributed by atoms with van der Waals surface area (Å²) in [6, 6.07) is 8.05. The molecule has 4 nitrogen and oxygen atoms in total. The van der Waals surface area contributed by atoms with Crippen LogP contribution in [0.1, 0.15) is 44.2 Å². The third-order valence-corrected chi connectivity index (χ3v) is 4.67. The summed E-state index contributed by atoms with van der Waals surface area (Å²) < 4.78 is 11.1. The standard InChI is InChI=1S/C16H26N2O2/c1-12-8-10-16(20-3,11-9-12)15(18-17)13-4-6-14(19-2)7-5-13/h4-7,12,15,18H,8-11,17H2,1-3H3. The Morgan fingerprint density at radius 2 is 1.80 bits per heavy atom. The highest BCUT2D eigenvalue weighted by atomic mass is 16.5. The summed E-state index contributed by atoms with van der Waals surface area (Å²) in [5, 5.41) is 0. The number of hydrazine groups is 1. The topological polar surface area (TPSA) is 56.5 Å². The van der Waals surface area contributed by atoms with Crippen LogP contribution in [-0.2, 0) is 4.74 Å². The third-order valence-electron chi connectivity index (χ3n) is 4.67. The number of ether oxygens (including phenoxy) is 2. The van der Waals surface area contributed by atoms with Crippen molar-refractivity contribution in [3.05, 3.63) is 29.8 Å². The van der Waals surface area contributed by atoms with Gasteiger partial charge in [0.2, 0.25) is 0 Å². The second-order valence-electron chi connectivity index (χ2n) is 5.82. The highest BCUT2D eigenvalue weighted by molar-refractivity contribution is 5.30. The van der Waals surface area contributed by atoms with E-state index in [1.807, 2.05) is 12.1 Å². The van der Waals surface area contributed by atoms with Crippen LogP contribution in [0.15, 0.2) is 24.3 Å². The number of nitrogens with two attached hydrogens (primary N) is 1. The molecular formula is C16H26N2O2. The number of hydrogen-bond donors (Lipinski definition) is 2. The zero-order chi connectivity index (χ0) is 14.6. The van der Waals surface area contributed by atoms with Gasteiger partial charge in [-0.2, -0.15) is 0 Å². The Labute approximate surface area is 121 Å². The van der Waals surface area contributed by atoms with Crippen LogP contribution in [0.4, 0.5) is 0 Å². The summed E-state index contributed by atoms with van der Waals surface area (Å²) in [5.74, 6) is 7.47. The van der Waals surface area contributed by atoms with Gasteiger partial charge in [-0.05, 0) is 49.3 Å². The monoisotopic (exact) mass is 278 g/mol. The van der Waals surface area contributed by atoms with Gasteiger partial charge >= 0.3 is 0 Å². The molecule has 2 rings (SSSR count). The van der Waals surface area contributed by atoms with Crippen molar-refractivity contribution >= 4 is 0 Å². The molecule has 0 aliphatic heterocycles. The minimum Gasteiger partial charge on any atom is -0.497 e. The van der Waals surface area contributed by atoms with E-state index in [0.29, 0.717) is 0 Å². The SMILES string of the molecule is COc1ccc(C(NN)C2(OC)CCC(C)CC2)cc1. The van der Waals surface area contributed by atoms with E-state index >= 15 is 0 Å². The van der Waals surface area contributed by atoms with Crippen molar-refractivity contribution in [1.29, 1.82) is 0 Å². The van der Waals surface area contributed by atoms with Crippen LogP contribution in [0.3, 0.4) is 0 Å². The van der Waals surface area contributed by atoms with Crippen molar-refractivity contribution in [3.8, 4) is 5.75 Å². The molecule has 112 valence electrons. The summed E-state index contributed by atoms with van der Waals surface area (Å²) in [6.07, 6.45) is 4.43. The van der Waals surface area contributed by atoms with Crippen LogP contribution < -0.4 is 16.0 Å². The molecule has 1 aliphatic carbocycles. The van der Waals surface area contributed by atoms with Gasteiger partial charge in [0, 0.05) is 7.11 Å². The average molecular weight is 278 g/mol. The van der Waals surface area contributed by atoms with Gasteiger partial charge in [-0.1, -0.05) is 19.1 Å².